The number of nitrogens with zero attached hydrogens (tertiary/aromatic N) is 3. The third kappa shape index (κ3) is 2.20. The molecule has 1 aliphatic heterocycles. The van der Waals surface area contributed by atoms with Crippen LogP contribution in [0.4, 0.5) is 0 Å². The molecule has 0 spiro atoms. The molecule has 1 saturated carbocycles. The van der Waals surface area contributed by atoms with E-state index in [1.807, 2.05) is 6.34 Å². The average Bonchev–Trinajstić information content (AvgIpc) is 2.30. The van der Waals surface area contributed by atoms with E-state index in [1.54, 1.807) is 7.11 Å². The Hall–Kier alpha value is -0.710. The van der Waals surface area contributed by atoms with Gasteiger partial charge in [-0.3, -0.25) is 4.31 Å². The van der Waals surface area contributed by atoms with E-state index in [-0.39, 0.29) is 0 Å². The first-order chi connectivity index (χ1) is 6.90. The van der Waals surface area contributed by atoms with E-state index in [9.17, 15) is 0 Å². The van der Waals surface area contributed by atoms with Crippen LogP contribution in [0.3, 0.4) is 0 Å². The molecule has 2 rings (SSSR count). The predicted octanol–water partition coefficient (Wildman–Crippen LogP) is 2.23. The van der Waals surface area contributed by atoms with Crippen molar-refractivity contribution in [3.05, 3.63) is 0 Å². The van der Waals surface area contributed by atoms with Gasteiger partial charge in [0.25, 0.3) is 0 Å². The molecule has 0 N–H and O–H groups in total. The third-order valence-corrected chi connectivity index (χ3v) is 3.43. The Kier molecular flexibility index (Phi) is 3.29. The minimum Gasteiger partial charge on any atom is -0.466 e. The standard InChI is InChI=1S/C9H15N3OS/c1-13-9-10-7-12(14-11-9)8-5-3-2-4-6-8/h7-8H,2-6H2,1H3. The summed E-state index contributed by atoms with van der Waals surface area (Å²) in [6, 6.07) is 1.07. The maximum absolute atomic E-state index is 4.93. The second-order valence-electron chi connectivity index (χ2n) is 3.56. The fraction of sp³-hybridized carbons (Fsp3) is 0.778. The van der Waals surface area contributed by atoms with E-state index in [0.29, 0.717) is 12.1 Å². The zero-order valence-corrected chi connectivity index (χ0v) is 9.16. The number of hydrogen-bond donors (Lipinski definition) is 0. The Balaban J connectivity index is 1.89. The van der Waals surface area contributed by atoms with Gasteiger partial charge in [-0.1, -0.05) is 19.3 Å². The highest BCUT2D eigenvalue weighted by Gasteiger charge is 2.21. The first-order valence-corrected chi connectivity index (χ1v) is 5.75. The van der Waals surface area contributed by atoms with Crippen molar-refractivity contribution in [2.45, 2.75) is 38.1 Å². The van der Waals surface area contributed by atoms with Gasteiger partial charge in [0.15, 0.2) is 0 Å². The zero-order chi connectivity index (χ0) is 9.80. The summed E-state index contributed by atoms with van der Waals surface area (Å²) in [4.78, 5) is 4.11. The first-order valence-electron chi connectivity index (χ1n) is 5.02. The summed E-state index contributed by atoms with van der Waals surface area (Å²) in [7, 11) is 1.59. The van der Waals surface area contributed by atoms with E-state index in [2.05, 4.69) is 13.7 Å². The predicted molar refractivity (Wildman–Crippen MR) is 59.2 cm³/mol. The van der Waals surface area contributed by atoms with Gasteiger partial charge in [-0.25, -0.2) is 0 Å². The van der Waals surface area contributed by atoms with Crippen LogP contribution < -0.4 is 0 Å². The van der Waals surface area contributed by atoms with Gasteiger partial charge in [-0.2, -0.15) is 4.99 Å². The minimum atomic E-state index is 0.460. The third-order valence-electron chi connectivity index (χ3n) is 2.61. The molecule has 0 radical (unpaired) electrons. The highest BCUT2D eigenvalue weighted by Crippen LogP contribution is 2.28. The van der Waals surface area contributed by atoms with Crippen LogP contribution in [0.25, 0.3) is 0 Å². The maximum Gasteiger partial charge on any atom is 0.326 e. The molecule has 1 heterocycles. The summed E-state index contributed by atoms with van der Waals surface area (Å²) in [6.07, 6.45) is 8.39. The van der Waals surface area contributed by atoms with Crippen LogP contribution in [0.15, 0.2) is 9.39 Å². The molecule has 0 aromatic rings. The fourth-order valence-electron chi connectivity index (χ4n) is 1.82. The number of ether oxygens (including phenoxy) is 1. The molecule has 1 fully saturated rings. The van der Waals surface area contributed by atoms with Crippen LogP contribution in [0.5, 0.6) is 0 Å². The number of methoxy groups -OCH3 is 1. The Morgan fingerprint density at radius 2 is 2.21 bits per heavy atom. The van der Waals surface area contributed by atoms with Gasteiger partial charge >= 0.3 is 6.02 Å². The van der Waals surface area contributed by atoms with E-state index in [0.717, 1.165) is 0 Å². The van der Waals surface area contributed by atoms with Crippen LogP contribution in [0, 0.1) is 0 Å². The molecular weight excluding hydrogens is 198 g/mol. The Labute approximate surface area is 88.7 Å². The Morgan fingerprint density at radius 3 is 2.79 bits per heavy atom. The van der Waals surface area contributed by atoms with Crippen molar-refractivity contribution in [2.24, 2.45) is 9.39 Å². The molecule has 0 aromatic heterocycles. The summed E-state index contributed by atoms with van der Waals surface area (Å²) in [5, 5.41) is 0. The van der Waals surface area contributed by atoms with Gasteiger partial charge in [-0.05, 0) is 12.8 Å². The molecule has 0 saturated heterocycles. The monoisotopic (exact) mass is 213 g/mol. The second-order valence-corrected chi connectivity index (χ2v) is 4.32. The topological polar surface area (TPSA) is 37.2 Å². The largest absolute Gasteiger partial charge is 0.466 e. The van der Waals surface area contributed by atoms with Crippen molar-refractivity contribution >= 4 is 24.5 Å². The molecule has 0 amide bonds. The molecule has 14 heavy (non-hydrogen) atoms. The molecule has 0 atom stereocenters. The smallest absolute Gasteiger partial charge is 0.326 e. The van der Waals surface area contributed by atoms with Crippen molar-refractivity contribution in [2.75, 3.05) is 7.11 Å². The lowest BCUT2D eigenvalue weighted by Crippen LogP contribution is -2.31. The van der Waals surface area contributed by atoms with Crippen molar-refractivity contribution in [3.8, 4) is 0 Å². The lowest BCUT2D eigenvalue weighted by Gasteiger charge is -2.30. The molecule has 0 aromatic carbocycles. The highest BCUT2D eigenvalue weighted by atomic mass is 32.2. The lowest BCUT2D eigenvalue weighted by atomic mass is 9.96. The fourth-order valence-corrected chi connectivity index (χ4v) is 2.54. The zero-order valence-electron chi connectivity index (χ0n) is 8.35. The Bertz CT molecular complexity index is 248. The van der Waals surface area contributed by atoms with Crippen molar-refractivity contribution in [1.82, 2.24) is 4.31 Å². The van der Waals surface area contributed by atoms with Gasteiger partial charge < -0.3 is 4.74 Å². The minimum absolute atomic E-state index is 0.460. The maximum atomic E-state index is 4.93. The molecule has 5 heteroatoms. The number of amidine groups is 1. The average molecular weight is 213 g/mol. The summed E-state index contributed by atoms with van der Waals surface area (Å²) in [6.45, 7) is 0. The normalized spacial score (nSPS) is 23.5. The summed E-state index contributed by atoms with van der Waals surface area (Å²) in [5.41, 5.74) is 0. The molecular formula is C9H15N3OS. The second kappa shape index (κ2) is 4.68. The van der Waals surface area contributed by atoms with Gasteiger partial charge in [0.1, 0.15) is 6.34 Å². The lowest BCUT2D eigenvalue weighted by molar-refractivity contribution is 0.344. The van der Waals surface area contributed by atoms with Crippen molar-refractivity contribution in [3.63, 3.8) is 0 Å². The SMILES string of the molecule is COC1=NSN(C2CCCCC2)C=N1. The quantitative estimate of drug-likeness (QED) is 0.627. The summed E-state index contributed by atoms with van der Waals surface area (Å²) in [5.74, 6) is 0. The van der Waals surface area contributed by atoms with Crippen LogP contribution in [-0.4, -0.2) is 29.8 Å². The van der Waals surface area contributed by atoms with Gasteiger partial charge in [-0.15, -0.1) is 4.40 Å². The molecule has 2 aliphatic rings. The van der Waals surface area contributed by atoms with Gasteiger partial charge in [0.2, 0.25) is 0 Å². The number of aliphatic imine (C=N–C) groups is 1. The van der Waals surface area contributed by atoms with Gasteiger partial charge in [0.05, 0.1) is 19.2 Å². The van der Waals surface area contributed by atoms with E-state index >= 15 is 0 Å². The van der Waals surface area contributed by atoms with Crippen molar-refractivity contribution < 1.29 is 4.74 Å². The Morgan fingerprint density at radius 1 is 1.43 bits per heavy atom. The molecule has 0 bridgehead atoms. The highest BCUT2D eigenvalue weighted by molar-refractivity contribution is 7.96. The number of rotatable bonds is 1. The first kappa shape index (κ1) is 9.83. The molecule has 4 nitrogen and oxygen atoms in total. The molecule has 1 aliphatic carbocycles. The summed E-state index contributed by atoms with van der Waals surface area (Å²) < 4.78 is 11.2. The van der Waals surface area contributed by atoms with Crippen molar-refractivity contribution in [1.29, 1.82) is 0 Å². The van der Waals surface area contributed by atoms with Crippen LogP contribution >= 0.6 is 12.1 Å². The van der Waals surface area contributed by atoms with Crippen LogP contribution in [0.2, 0.25) is 0 Å². The van der Waals surface area contributed by atoms with Crippen LogP contribution in [0.1, 0.15) is 32.1 Å². The van der Waals surface area contributed by atoms with Crippen LogP contribution in [-0.2, 0) is 4.74 Å². The molecule has 0 unspecified atom stereocenters. The summed E-state index contributed by atoms with van der Waals surface area (Å²) >= 11 is 1.45. The van der Waals surface area contributed by atoms with E-state index < -0.39 is 0 Å². The molecule has 78 valence electrons. The van der Waals surface area contributed by atoms with E-state index in [4.69, 9.17) is 4.74 Å². The number of hydrogen-bond acceptors (Lipinski definition) is 5. The van der Waals surface area contributed by atoms with Gasteiger partial charge in [0, 0.05) is 6.04 Å². The van der Waals surface area contributed by atoms with E-state index in [1.165, 1.54) is 44.2 Å².